The number of nitrogens with zero attached hydrogens (tertiary/aromatic N) is 1. The van der Waals surface area contributed by atoms with Gasteiger partial charge in [0.25, 0.3) is 0 Å². The number of para-hydroxylation sites is 2. The van der Waals surface area contributed by atoms with Crippen molar-refractivity contribution in [2.75, 3.05) is 5.32 Å². The number of carbonyl (C=O) groups excluding carboxylic acids is 1. The van der Waals surface area contributed by atoms with E-state index in [9.17, 15) is 13.6 Å². The molecule has 5 nitrogen and oxygen atoms in total. The molecule has 0 aliphatic heterocycles. The molecule has 1 amide bonds. The second-order valence-corrected chi connectivity index (χ2v) is 6.70. The molecular formula is C24H18F2N2O3. The van der Waals surface area contributed by atoms with E-state index in [1.807, 2.05) is 0 Å². The zero-order valence-electron chi connectivity index (χ0n) is 16.3. The van der Waals surface area contributed by atoms with Gasteiger partial charge in [-0.15, -0.1) is 0 Å². The Hall–Kier alpha value is -4.00. The standard InChI is InChI=1S/C24H18F2N2O3/c25-16-6-5-7-17(14-16)30-21-11-4-3-10-20(21)28-23(29)12-13-24-27-15-22(31-24)18-8-1-2-9-19(18)26/h1-11,14-15H,12-13H2,(H,28,29). The van der Waals surface area contributed by atoms with Crippen LogP contribution in [0.1, 0.15) is 12.3 Å². The third kappa shape index (κ3) is 5.14. The van der Waals surface area contributed by atoms with Gasteiger partial charge in [-0.1, -0.05) is 30.3 Å². The highest BCUT2D eigenvalue weighted by atomic mass is 19.1. The van der Waals surface area contributed by atoms with Gasteiger partial charge in [-0.25, -0.2) is 13.8 Å². The molecule has 1 N–H and O–H groups in total. The Labute approximate surface area is 177 Å². The van der Waals surface area contributed by atoms with Gasteiger partial charge in [-0.05, 0) is 36.4 Å². The van der Waals surface area contributed by atoms with Crippen LogP contribution < -0.4 is 10.1 Å². The van der Waals surface area contributed by atoms with E-state index >= 15 is 0 Å². The van der Waals surface area contributed by atoms with Crippen LogP contribution in [-0.4, -0.2) is 10.9 Å². The van der Waals surface area contributed by atoms with Crippen LogP contribution in [0.25, 0.3) is 11.3 Å². The summed E-state index contributed by atoms with van der Waals surface area (Å²) in [4.78, 5) is 16.5. The van der Waals surface area contributed by atoms with E-state index in [-0.39, 0.29) is 18.7 Å². The molecule has 0 bridgehead atoms. The lowest BCUT2D eigenvalue weighted by molar-refractivity contribution is -0.116. The summed E-state index contributed by atoms with van der Waals surface area (Å²) in [5, 5.41) is 2.78. The molecule has 0 aliphatic rings. The Morgan fingerprint density at radius 1 is 1.00 bits per heavy atom. The molecule has 7 heteroatoms. The molecule has 156 valence electrons. The van der Waals surface area contributed by atoms with Gasteiger partial charge >= 0.3 is 0 Å². The second-order valence-electron chi connectivity index (χ2n) is 6.70. The molecule has 1 heterocycles. The SMILES string of the molecule is O=C(CCc1ncc(-c2ccccc2F)o1)Nc1ccccc1Oc1cccc(F)c1. The van der Waals surface area contributed by atoms with E-state index in [4.69, 9.17) is 9.15 Å². The summed E-state index contributed by atoms with van der Waals surface area (Å²) in [5.74, 6) is 0.250. The summed E-state index contributed by atoms with van der Waals surface area (Å²) in [7, 11) is 0. The van der Waals surface area contributed by atoms with Crippen LogP contribution in [0.4, 0.5) is 14.5 Å². The van der Waals surface area contributed by atoms with Crippen molar-refractivity contribution in [1.82, 2.24) is 4.98 Å². The number of anilines is 1. The predicted octanol–water partition coefficient (Wildman–Crippen LogP) is 5.98. The van der Waals surface area contributed by atoms with Crippen LogP contribution in [0.15, 0.2) is 83.4 Å². The zero-order chi connectivity index (χ0) is 21.6. The normalized spacial score (nSPS) is 10.6. The van der Waals surface area contributed by atoms with Gasteiger partial charge in [0.1, 0.15) is 17.4 Å². The Kier molecular flexibility index (Phi) is 6.03. The van der Waals surface area contributed by atoms with Crippen molar-refractivity contribution in [2.24, 2.45) is 0 Å². The van der Waals surface area contributed by atoms with Gasteiger partial charge in [-0.2, -0.15) is 0 Å². The predicted molar refractivity (Wildman–Crippen MR) is 112 cm³/mol. The van der Waals surface area contributed by atoms with Gasteiger partial charge in [0.2, 0.25) is 5.91 Å². The minimum Gasteiger partial charge on any atom is -0.455 e. The number of oxazole rings is 1. The number of hydrogen-bond acceptors (Lipinski definition) is 4. The molecule has 3 aromatic carbocycles. The lowest BCUT2D eigenvalue weighted by Gasteiger charge is -2.12. The van der Waals surface area contributed by atoms with Gasteiger partial charge in [0.15, 0.2) is 17.4 Å². The van der Waals surface area contributed by atoms with Gasteiger partial charge in [0, 0.05) is 18.9 Å². The van der Waals surface area contributed by atoms with Gasteiger partial charge in [-0.3, -0.25) is 4.79 Å². The van der Waals surface area contributed by atoms with Crippen LogP contribution in [-0.2, 0) is 11.2 Å². The van der Waals surface area contributed by atoms with E-state index in [1.54, 1.807) is 48.5 Å². The molecule has 0 radical (unpaired) electrons. The van der Waals surface area contributed by atoms with Crippen molar-refractivity contribution in [2.45, 2.75) is 12.8 Å². The molecule has 0 atom stereocenters. The fourth-order valence-electron chi connectivity index (χ4n) is 2.96. The van der Waals surface area contributed by atoms with Crippen molar-refractivity contribution in [3.05, 3.63) is 96.5 Å². The van der Waals surface area contributed by atoms with Crippen LogP contribution >= 0.6 is 0 Å². The molecule has 0 fully saturated rings. The van der Waals surface area contributed by atoms with Crippen LogP contribution in [0.5, 0.6) is 11.5 Å². The van der Waals surface area contributed by atoms with Crippen molar-refractivity contribution in [3.8, 4) is 22.8 Å². The van der Waals surface area contributed by atoms with Crippen LogP contribution in [0.3, 0.4) is 0 Å². The third-order valence-corrected chi connectivity index (χ3v) is 4.44. The summed E-state index contributed by atoms with van der Waals surface area (Å²) in [6, 6.07) is 18.8. The summed E-state index contributed by atoms with van der Waals surface area (Å²) < 4.78 is 38.5. The molecule has 0 saturated carbocycles. The number of aryl methyl sites for hydroxylation is 1. The molecule has 0 saturated heterocycles. The van der Waals surface area contributed by atoms with E-state index in [0.29, 0.717) is 34.4 Å². The number of aromatic nitrogens is 1. The lowest BCUT2D eigenvalue weighted by Crippen LogP contribution is -2.13. The number of amides is 1. The van der Waals surface area contributed by atoms with Crippen LogP contribution in [0.2, 0.25) is 0 Å². The Morgan fingerprint density at radius 2 is 1.81 bits per heavy atom. The van der Waals surface area contributed by atoms with E-state index in [2.05, 4.69) is 10.3 Å². The van der Waals surface area contributed by atoms with Crippen molar-refractivity contribution >= 4 is 11.6 Å². The van der Waals surface area contributed by atoms with E-state index in [0.717, 1.165) is 0 Å². The topological polar surface area (TPSA) is 64.4 Å². The quantitative estimate of drug-likeness (QED) is 0.399. The first-order valence-corrected chi connectivity index (χ1v) is 9.60. The monoisotopic (exact) mass is 420 g/mol. The summed E-state index contributed by atoms with van der Waals surface area (Å²) in [6.45, 7) is 0. The first-order valence-electron chi connectivity index (χ1n) is 9.60. The number of hydrogen-bond donors (Lipinski definition) is 1. The maximum atomic E-state index is 13.9. The molecule has 0 aliphatic carbocycles. The summed E-state index contributed by atoms with van der Waals surface area (Å²) in [6.07, 6.45) is 1.78. The van der Waals surface area contributed by atoms with Gasteiger partial charge < -0.3 is 14.5 Å². The lowest BCUT2D eigenvalue weighted by atomic mass is 10.2. The van der Waals surface area contributed by atoms with E-state index < -0.39 is 11.6 Å². The highest BCUT2D eigenvalue weighted by molar-refractivity contribution is 5.92. The summed E-state index contributed by atoms with van der Waals surface area (Å²) in [5.41, 5.74) is 0.769. The largest absolute Gasteiger partial charge is 0.455 e. The average Bonchev–Trinajstić information content (AvgIpc) is 3.23. The maximum Gasteiger partial charge on any atom is 0.224 e. The fraction of sp³-hybridized carbons (Fsp3) is 0.0833. The van der Waals surface area contributed by atoms with E-state index in [1.165, 1.54) is 30.5 Å². The molecular weight excluding hydrogens is 402 g/mol. The molecule has 4 aromatic rings. The Morgan fingerprint density at radius 3 is 2.65 bits per heavy atom. The first-order chi connectivity index (χ1) is 15.1. The molecule has 0 unspecified atom stereocenters. The number of carbonyl (C=O) groups is 1. The summed E-state index contributed by atoms with van der Waals surface area (Å²) >= 11 is 0. The number of halogens is 2. The van der Waals surface area contributed by atoms with Crippen molar-refractivity contribution in [1.29, 1.82) is 0 Å². The molecule has 0 spiro atoms. The average molecular weight is 420 g/mol. The second kappa shape index (κ2) is 9.21. The molecule has 4 rings (SSSR count). The van der Waals surface area contributed by atoms with Crippen molar-refractivity contribution in [3.63, 3.8) is 0 Å². The highest BCUT2D eigenvalue weighted by Crippen LogP contribution is 2.30. The Bertz CT molecular complexity index is 1210. The minimum atomic E-state index is -0.417. The Balaban J connectivity index is 1.38. The van der Waals surface area contributed by atoms with Gasteiger partial charge in [0.05, 0.1) is 17.4 Å². The van der Waals surface area contributed by atoms with Crippen LogP contribution in [0, 0.1) is 11.6 Å². The fourth-order valence-corrected chi connectivity index (χ4v) is 2.96. The zero-order valence-corrected chi connectivity index (χ0v) is 16.3. The third-order valence-electron chi connectivity index (χ3n) is 4.44. The number of benzene rings is 3. The minimum absolute atomic E-state index is 0.103. The first kappa shape index (κ1) is 20.3. The number of nitrogens with one attached hydrogen (secondary N) is 1. The molecule has 1 aromatic heterocycles. The molecule has 31 heavy (non-hydrogen) atoms. The van der Waals surface area contributed by atoms with Crippen molar-refractivity contribution < 1.29 is 22.7 Å². The maximum absolute atomic E-state index is 13.9. The smallest absolute Gasteiger partial charge is 0.224 e. The number of rotatable bonds is 7. The number of ether oxygens (including phenoxy) is 1. The highest BCUT2D eigenvalue weighted by Gasteiger charge is 2.13.